The molecule has 1 aromatic rings. The SMILES string of the molecule is O=C(Nc1cccc(C(F)(F)F)c1)NC(CO)CO. The van der Waals surface area contributed by atoms with Gasteiger partial charge in [-0.25, -0.2) is 4.79 Å². The molecule has 0 aliphatic heterocycles. The van der Waals surface area contributed by atoms with Crippen LogP contribution in [-0.2, 0) is 6.18 Å². The number of anilines is 1. The van der Waals surface area contributed by atoms with Gasteiger partial charge in [0.15, 0.2) is 0 Å². The van der Waals surface area contributed by atoms with E-state index >= 15 is 0 Å². The van der Waals surface area contributed by atoms with Crippen LogP contribution in [0.15, 0.2) is 24.3 Å². The van der Waals surface area contributed by atoms with E-state index in [9.17, 15) is 18.0 Å². The fraction of sp³-hybridized carbons (Fsp3) is 0.364. The Kier molecular flexibility index (Phi) is 5.13. The molecule has 0 bridgehead atoms. The zero-order valence-electron chi connectivity index (χ0n) is 9.74. The summed E-state index contributed by atoms with van der Waals surface area (Å²) >= 11 is 0. The third kappa shape index (κ3) is 4.76. The van der Waals surface area contributed by atoms with E-state index in [1.807, 2.05) is 0 Å². The molecule has 19 heavy (non-hydrogen) atoms. The quantitative estimate of drug-likeness (QED) is 0.667. The third-order valence-electron chi connectivity index (χ3n) is 2.22. The molecular weight excluding hydrogens is 265 g/mol. The number of hydrogen-bond acceptors (Lipinski definition) is 3. The maximum atomic E-state index is 12.4. The molecule has 0 heterocycles. The molecule has 0 saturated heterocycles. The van der Waals surface area contributed by atoms with Crippen molar-refractivity contribution in [1.82, 2.24) is 5.32 Å². The van der Waals surface area contributed by atoms with Crippen molar-refractivity contribution >= 4 is 11.7 Å². The van der Waals surface area contributed by atoms with Gasteiger partial charge in [0.25, 0.3) is 0 Å². The summed E-state index contributed by atoms with van der Waals surface area (Å²) in [6.07, 6.45) is -4.49. The van der Waals surface area contributed by atoms with Crippen molar-refractivity contribution in [3.8, 4) is 0 Å². The fourth-order valence-electron chi connectivity index (χ4n) is 1.27. The van der Waals surface area contributed by atoms with E-state index in [1.54, 1.807) is 0 Å². The summed E-state index contributed by atoms with van der Waals surface area (Å²) in [7, 11) is 0. The van der Waals surface area contributed by atoms with Gasteiger partial charge in [0, 0.05) is 5.69 Å². The molecule has 4 N–H and O–H groups in total. The zero-order chi connectivity index (χ0) is 14.5. The minimum atomic E-state index is -4.49. The standard InChI is InChI=1S/C11H13F3N2O3/c12-11(13,14)7-2-1-3-8(4-7)15-10(19)16-9(5-17)6-18/h1-4,9,17-18H,5-6H2,(H2,15,16,19). The van der Waals surface area contributed by atoms with Crippen molar-refractivity contribution in [3.63, 3.8) is 0 Å². The fourth-order valence-corrected chi connectivity index (χ4v) is 1.27. The number of amides is 2. The normalized spacial score (nSPS) is 11.5. The number of rotatable bonds is 4. The summed E-state index contributed by atoms with van der Waals surface area (Å²) in [5, 5.41) is 21.9. The van der Waals surface area contributed by atoms with Crippen LogP contribution in [0.1, 0.15) is 5.56 Å². The second kappa shape index (κ2) is 6.39. The van der Waals surface area contributed by atoms with Crippen molar-refractivity contribution in [2.24, 2.45) is 0 Å². The summed E-state index contributed by atoms with van der Waals surface area (Å²) in [5.74, 6) is 0. The highest BCUT2D eigenvalue weighted by atomic mass is 19.4. The van der Waals surface area contributed by atoms with Crippen molar-refractivity contribution < 1.29 is 28.2 Å². The lowest BCUT2D eigenvalue weighted by Crippen LogP contribution is -2.42. The van der Waals surface area contributed by atoms with Crippen molar-refractivity contribution in [2.45, 2.75) is 12.2 Å². The Labute approximate surface area is 107 Å². The van der Waals surface area contributed by atoms with Crippen LogP contribution in [0.3, 0.4) is 0 Å². The molecule has 2 amide bonds. The minimum absolute atomic E-state index is 0.0399. The summed E-state index contributed by atoms with van der Waals surface area (Å²) in [4.78, 5) is 11.4. The van der Waals surface area contributed by atoms with Crippen molar-refractivity contribution in [1.29, 1.82) is 0 Å². The molecule has 8 heteroatoms. The van der Waals surface area contributed by atoms with Gasteiger partial charge >= 0.3 is 12.2 Å². The first-order chi connectivity index (χ1) is 8.86. The van der Waals surface area contributed by atoms with Gasteiger partial charge in [-0.1, -0.05) is 6.07 Å². The molecule has 0 saturated carbocycles. The van der Waals surface area contributed by atoms with Crippen LogP contribution in [0.5, 0.6) is 0 Å². The molecule has 1 rings (SSSR count). The number of nitrogens with one attached hydrogen (secondary N) is 2. The summed E-state index contributed by atoms with van der Waals surface area (Å²) < 4.78 is 37.3. The molecule has 1 aromatic carbocycles. The van der Waals surface area contributed by atoms with Gasteiger partial charge in [-0.05, 0) is 18.2 Å². The largest absolute Gasteiger partial charge is 0.416 e. The molecule has 0 unspecified atom stereocenters. The predicted octanol–water partition coefficient (Wildman–Crippen LogP) is 1.18. The van der Waals surface area contributed by atoms with E-state index < -0.39 is 37.0 Å². The van der Waals surface area contributed by atoms with Gasteiger partial charge in [-0.3, -0.25) is 0 Å². The Bertz CT molecular complexity index is 433. The lowest BCUT2D eigenvalue weighted by Gasteiger charge is -2.14. The number of aliphatic hydroxyl groups excluding tert-OH is 2. The first-order valence-electron chi connectivity index (χ1n) is 5.33. The van der Waals surface area contributed by atoms with Crippen LogP contribution < -0.4 is 10.6 Å². The van der Waals surface area contributed by atoms with Crippen LogP contribution >= 0.6 is 0 Å². The minimum Gasteiger partial charge on any atom is -0.394 e. The summed E-state index contributed by atoms with van der Waals surface area (Å²) in [5.41, 5.74) is -0.923. The second-order valence-corrected chi connectivity index (χ2v) is 3.74. The van der Waals surface area contributed by atoms with Crippen molar-refractivity contribution in [3.05, 3.63) is 29.8 Å². The Morgan fingerprint density at radius 2 is 1.89 bits per heavy atom. The molecule has 0 fully saturated rings. The highest BCUT2D eigenvalue weighted by Crippen LogP contribution is 2.30. The lowest BCUT2D eigenvalue weighted by molar-refractivity contribution is -0.137. The summed E-state index contributed by atoms with van der Waals surface area (Å²) in [6.45, 7) is -0.959. The maximum Gasteiger partial charge on any atom is 0.416 e. The summed E-state index contributed by atoms with van der Waals surface area (Å²) in [6, 6.07) is 2.44. The second-order valence-electron chi connectivity index (χ2n) is 3.74. The highest BCUT2D eigenvalue weighted by Gasteiger charge is 2.30. The van der Waals surface area contributed by atoms with E-state index in [4.69, 9.17) is 10.2 Å². The molecule has 0 atom stereocenters. The van der Waals surface area contributed by atoms with Crippen LogP contribution in [0.25, 0.3) is 0 Å². The monoisotopic (exact) mass is 278 g/mol. The topological polar surface area (TPSA) is 81.6 Å². The lowest BCUT2D eigenvalue weighted by atomic mass is 10.2. The number of carbonyl (C=O) groups is 1. The number of benzene rings is 1. The van der Waals surface area contributed by atoms with E-state index in [-0.39, 0.29) is 5.69 Å². The Hall–Kier alpha value is -1.80. The maximum absolute atomic E-state index is 12.4. The van der Waals surface area contributed by atoms with Crippen LogP contribution in [0.2, 0.25) is 0 Å². The molecule has 0 aromatic heterocycles. The molecule has 0 aliphatic rings. The Morgan fingerprint density at radius 1 is 1.26 bits per heavy atom. The van der Waals surface area contributed by atoms with Gasteiger partial charge in [0.1, 0.15) is 0 Å². The third-order valence-corrected chi connectivity index (χ3v) is 2.22. The average Bonchev–Trinajstić information content (AvgIpc) is 2.35. The van der Waals surface area contributed by atoms with Gasteiger partial charge < -0.3 is 20.8 Å². The number of hydrogen-bond donors (Lipinski definition) is 4. The predicted molar refractivity (Wildman–Crippen MR) is 61.6 cm³/mol. The van der Waals surface area contributed by atoms with Crippen LogP contribution in [0, 0.1) is 0 Å². The van der Waals surface area contributed by atoms with E-state index in [1.165, 1.54) is 6.07 Å². The number of urea groups is 1. The van der Waals surface area contributed by atoms with Crippen molar-refractivity contribution in [2.75, 3.05) is 18.5 Å². The first-order valence-corrected chi connectivity index (χ1v) is 5.33. The smallest absolute Gasteiger partial charge is 0.394 e. The number of aliphatic hydroxyl groups is 2. The zero-order valence-corrected chi connectivity index (χ0v) is 9.74. The molecular formula is C11H13F3N2O3. The number of halogens is 3. The average molecular weight is 278 g/mol. The van der Waals surface area contributed by atoms with Gasteiger partial charge in [-0.2, -0.15) is 13.2 Å². The number of alkyl halides is 3. The molecule has 0 spiro atoms. The van der Waals surface area contributed by atoms with Gasteiger partial charge in [0.05, 0.1) is 24.8 Å². The van der Waals surface area contributed by atoms with Crippen LogP contribution in [0.4, 0.5) is 23.7 Å². The van der Waals surface area contributed by atoms with Gasteiger partial charge in [-0.15, -0.1) is 0 Å². The van der Waals surface area contributed by atoms with E-state index in [0.29, 0.717) is 0 Å². The molecule has 0 aliphatic carbocycles. The first kappa shape index (κ1) is 15.3. The van der Waals surface area contributed by atoms with E-state index in [0.717, 1.165) is 18.2 Å². The number of carbonyl (C=O) groups excluding carboxylic acids is 1. The highest BCUT2D eigenvalue weighted by molar-refractivity contribution is 5.89. The molecule has 0 radical (unpaired) electrons. The Morgan fingerprint density at radius 3 is 2.42 bits per heavy atom. The molecule has 5 nitrogen and oxygen atoms in total. The van der Waals surface area contributed by atoms with Gasteiger partial charge in [0.2, 0.25) is 0 Å². The van der Waals surface area contributed by atoms with E-state index in [2.05, 4.69) is 10.6 Å². The molecule has 106 valence electrons. The Balaban J connectivity index is 2.70. The van der Waals surface area contributed by atoms with Crippen LogP contribution in [-0.4, -0.2) is 35.5 Å².